The molecule has 0 fully saturated rings. The molecule has 0 aliphatic heterocycles. The second-order valence-corrected chi connectivity index (χ2v) is 6.60. The molecule has 0 atom stereocenters. The van der Waals surface area contributed by atoms with Crippen molar-refractivity contribution in [3.63, 3.8) is 0 Å². The van der Waals surface area contributed by atoms with Crippen LogP contribution in [0, 0.1) is 5.92 Å². The Morgan fingerprint density at radius 3 is 2.38 bits per heavy atom. The van der Waals surface area contributed by atoms with Gasteiger partial charge in [0.15, 0.2) is 5.65 Å². The van der Waals surface area contributed by atoms with Crippen molar-refractivity contribution in [2.45, 2.75) is 40.3 Å². The Bertz CT molecular complexity index is 912. The number of hydrogen-bond acceptors (Lipinski definition) is 5. The van der Waals surface area contributed by atoms with E-state index in [4.69, 9.17) is 10.5 Å². The zero-order valence-electron chi connectivity index (χ0n) is 14.4. The minimum Gasteiger partial charge on any atom is -0.459 e. The van der Waals surface area contributed by atoms with E-state index < -0.39 is 5.97 Å². The van der Waals surface area contributed by atoms with Gasteiger partial charge in [0.05, 0.1) is 17.1 Å². The molecule has 6 nitrogen and oxygen atoms in total. The molecule has 2 N–H and O–H groups in total. The van der Waals surface area contributed by atoms with Crippen molar-refractivity contribution in [3.05, 3.63) is 29.8 Å². The average Bonchev–Trinajstić information content (AvgIpc) is 2.76. The fourth-order valence-corrected chi connectivity index (χ4v) is 2.74. The number of nitrogens with two attached hydrogens (primary N) is 1. The number of nitrogen functional groups attached to an aromatic ring is 1. The predicted octanol–water partition coefficient (Wildman–Crippen LogP) is 3.39. The number of fused-ring (bicyclic) bond motifs is 2. The molecule has 2 aromatic heterocycles. The lowest BCUT2D eigenvalue weighted by molar-refractivity contribution is 0.0381. The van der Waals surface area contributed by atoms with Gasteiger partial charge in [0.2, 0.25) is 0 Å². The topological polar surface area (TPSA) is 83.0 Å². The molecule has 0 bridgehead atoms. The molecule has 24 heavy (non-hydrogen) atoms. The fourth-order valence-electron chi connectivity index (χ4n) is 2.74. The molecule has 0 amide bonds. The highest BCUT2D eigenvalue weighted by atomic mass is 16.5. The summed E-state index contributed by atoms with van der Waals surface area (Å²) in [7, 11) is 0. The monoisotopic (exact) mass is 326 g/mol. The SMILES string of the molecule is CC(C)Cn1c(N)c(C(=O)OC(C)C)c2nc3ccccc3nc21. The molecule has 0 saturated carbocycles. The molecule has 0 saturated heterocycles. The van der Waals surface area contributed by atoms with Crippen molar-refractivity contribution < 1.29 is 9.53 Å². The van der Waals surface area contributed by atoms with Crippen LogP contribution in [0.25, 0.3) is 22.2 Å². The Morgan fingerprint density at radius 1 is 1.17 bits per heavy atom. The summed E-state index contributed by atoms with van der Waals surface area (Å²) in [4.78, 5) is 21.9. The maximum atomic E-state index is 12.5. The van der Waals surface area contributed by atoms with E-state index in [1.165, 1.54) is 0 Å². The molecule has 0 aliphatic rings. The molecule has 0 spiro atoms. The van der Waals surface area contributed by atoms with Crippen molar-refractivity contribution in [3.8, 4) is 0 Å². The number of benzene rings is 1. The van der Waals surface area contributed by atoms with Crippen molar-refractivity contribution in [2.24, 2.45) is 5.92 Å². The average molecular weight is 326 g/mol. The minimum absolute atomic E-state index is 0.228. The summed E-state index contributed by atoms with van der Waals surface area (Å²) >= 11 is 0. The summed E-state index contributed by atoms with van der Waals surface area (Å²) in [6.45, 7) is 8.45. The van der Waals surface area contributed by atoms with Gasteiger partial charge in [-0.15, -0.1) is 0 Å². The van der Waals surface area contributed by atoms with Crippen LogP contribution in [0.3, 0.4) is 0 Å². The van der Waals surface area contributed by atoms with E-state index in [1.807, 2.05) is 42.7 Å². The van der Waals surface area contributed by atoms with Crippen molar-refractivity contribution >= 4 is 34.0 Å². The number of para-hydroxylation sites is 2. The van der Waals surface area contributed by atoms with E-state index in [-0.39, 0.29) is 6.10 Å². The third kappa shape index (κ3) is 2.79. The third-order valence-corrected chi connectivity index (χ3v) is 3.69. The summed E-state index contributed by atoms with van der Waals surface area (Å²) < 4.78 is 7.21. The second-order valence-electron chi connectivity index (χ2n) is 6.60. The highest BCUT2D eigenvalue weighted by molar-refractivity contribution is 6.08. The van der Waals surface area contributed by atoms with Gasteiger partial charge in [-0.05, 0) is 31.9 Å². The molecule has 3 rings (SSSR count). The fraction of sp³-hybridized carbons (Fsp3) is 0.389. The van der Waals surface area contributed by atoms with E-state index in [0.29, 0.717) is 35.0 Å². The maximum Gasteiger partial charge on any atom is 0.344 e. The van der Waals surface area contributed by atoms with Gasteiger partial charge in [-0.2, -0.15) is 0 Å². The van der Waals surface area contributed by atoms with Crippen molar-refractivity contribution in [1.29, 1.82) is 0 Å². The van der Waals surface area contributed by atoms with Crippen LogP contribution in [0.5, 0.6) is 0 Å². The Hall–Kier alpha value is -2.63. The Balaban J connectivity index is 2.31. The van der Waals surface area contributed by atoms with Crippen LogP contribution in [0.4, 0.5) is 5.82 Å². The second kappa shape index (κ2) is 6.11. The number of carbonyl (C=O) groups excluding carboxylic acids is 1. The molecular formula is C18H22N4O2. The normalized spacial score (nSPS) is 11.8. The van der Waals surface area contributed by atoms with Gasteiger partial charge in [0, 0.05) is 6.54 Å². The molecule has 0 unspecified atom stereocenters. The molecule has 1 aromatic carbocycles. The number of carbonyl (C=O) groups is 1. The van der Waals surface area contributed by atoms with E-state index in [1.54, 1.807) is 0 Å². The van der Waals surface area contributed by atoms with Gasteiger partial charge in [-0.3, -0.25) is 0 Å². The lowest BCUT2D eigenvalue weighted by Crippen LogP contribution is -2.14. The lowest BCUT2D eigenvalue weighted by Gasteiger charge is -2.10. The lowest BCUT2D eigenvalue weighted by atomic mass is 10.2. The highest BCUT2D eigenvalue weighted by Crippen LogP contribution is 2.29. The van der Waals surface area contributed by atoms with Crippen LogP contribution in [-0.2, 0) is 11.3 Å². The number of ether oxygens (including phenoxy) is 1. The van der Waals surface area contributed by atoms with E-state index in [9.17, 15) is 4.79 Å². The van der Waals surface area contributed by atoms with Crippen LogP contribution < -0.4 is 5.73 Å². The zero-order chi connectivity index (χ0) is 17.4. The summed E-state index contributed by atoms with van der Waals surface area (Å²) in [5.74, 6) is 0.254. The quantitative estimate of drug-likeness (QED) is 0.743. The van der Waals surface area contributed by atoms with E-state index in [0.717, 1.165) is 11.0 Å². The molecule has 3 aromatic rings. The largest absolute Gasteiger partial charge is 0.459 e. The van der Waals surface area contributed by atoms with Crippen molar-refractivity contribution in [2.75, 3.05) is 5.73 Å². The van der Waals surface area contributed by atoms with Crippen LogP contribution in [0.15, 0.2) is 24.3 Å². The summed E-state index contributed by atoms with van der Waals surface area (Å²) in [6, 6.07) is 7.57. The molecule has 0 aliphatic carbocycles. The Labute approximate surface area is 140 Å². The van der Waals surface area contributed by atoms with Gasteiger partial charge in [-0.1, -0.05) is 26.0 Å². The van der Waals surface area contributed by atoms with E-state index >= 15 is 0 Å². The molecule has 0 radical (unpaired) electrons. The molecule has 126 valence electrons. The first kappa shape index (κ1) is 16.2. The molecular weight excluding hydrogens is 304 g/mol. The van der Waals surface area contributed by atoms with Crippen LogP contribution >= 0.6 is 0 Å². The van der Waals surface area contributed by atoms with Crippen LogP contribution in [0.1, 0.15) is 38.1 Å². The van der Waals surface area contributed by atoms with Crippen LogP contribution in [0.2, 0.25) is 0 Å². The first-order chi connectivity index (χ1) is 11.4. The van der Waals surface area contributed by atoms with Gasteiger partial charge < -0.3 is 15.0 Å². The molecule has 2 heterocycles. The van der Waals surface area contributed by atoms with Gasteiger partial charge >= 0.3 is 5.97 Å². The zero-order valence-corrected chi connectivity index (χ0v) is 14.4. The number of nitrogens with zero attached hydrogens (tertiary/aromatic N) is 3. The Morgan fingerprint density at radius 2 is 1.79 bits per heavy atom. The van der Waals surface area contributed by atoms with Crippen LogP contribution in [-0.4, -0.2) is 26.6 Å². The number of rotatable bonds is 4. The Kier molecular flexibility index (Phi) is 4.13. The predicted molar refractivity (Wildman–Crippen MR) is 94.8 cm³/mol. The highest BCUT2D eigenvalue weighted by Gasteiger charge is 2.25. The smallest absolute Gasteiger partial charge is 0.344 e. The van der Waals surface area contributed by atoms with Gasteiger partial charge in [0.25, 0.3) is 0 Å². The third-order valence-electron chi connectivity index (χ3n) is 3.69. The minimum atomic E-state index is -0.459. The summed E-state index contributed by atoms with van der Waals surface area (Å²) in [6.07, 6.45) is -0.228. The molecule has 6 heteroatoms. The van der Waals surface area contributed by atoms with Gasteiger partial charge in [0.1, 0.15) is 16.9 Å². The first-order valence-corrected chi connectivity index (χ1v) is 8.14. The summed E-state index contributed by atoms with van der Waals surface area (Å²) in [5, 5.41) is 0. The standard InChI is InChI=1S/C18H22N4O2/c1-10(2)9-22-16(19)14(18(23)24-11(3)4)15-17(22)21-13-8-6-5-7-12(13)20-15/h5-8,10-11H,9,19H2,1-4H3. The maximum absolute atomic E-state index is 12.5. The number of hydrogen-bond donors (Lipinski definition) is 1. The van der Waals surface area contributed by atoms with Gasteiger partial charge in [-0.25, -0.2) is 14.8 Å². The number of aromatic nitrogens is 3. The first-order valence-electron chi connectivity index (χ1n) is 8.14. The summed E-state index contributed by atoms with van der Waals surface area (Å²) in [5.41, 5.74) is 9.21. The van der Waals surface area contributed by atoms with Crippen molar-refractivity contribution in [1.82, 2.24) is 14.5 Å². The number of esters is 1. The number of anilines is 1. The van der Waals surface area contributed by atoms with E-state index in [2.05, 4.69) is 23.8 Å².